The highest BCUT2D eigenvalue weighted by atomic mass is 16.6. The number of rotatable bonds is 15. The standard InChI is InChI=1S/C38H61N3O7/c1-27(2)41(36(43)29-14-19-33(46-7)34(25-29)47-23-11-22-45-6)32-18-17-31(40(26-32)37(44)48-38(3,4)5)20-21-39(30-15-16-30)35(42)24-28-12-9-8-10-13-28/h14,19,25,27-28,30-32H,8-13,15-18,20-24,26H2,1-7H3/t31-,32+/m0/s1. The number of methoxy groups -OCH3 is 2. The summed E-state index contributed by atoms with van der Waals surface area (Å²) in [5.41, 5.74) is -0.144. The van der Waals surface area contributed by atoms with E-state index < -0.39 is 5.60 Å². The fourth-order valence-electron chi connectivity index (χ4n) is 7.30. The lowest BCUT2D eigenvalue weighted by Gasteiger charge is -2.45. The van der Waals surface area contributed by atoms with Crippen molar-refractivity contribution >= 4 is 17.9 Å². The third-order valence-electron chi connectivity index (χ3n) is 9.85. The highest BCUT2D eigenvalue weighted by molar-refractivity contribution is 5.95. The first kappa shape index (κ1) is 37.8. The van der Waals surface area contributed by atoms with Crippen molar-refractivity contribution in [2.24, 2.45) is 5.92 Å². The lowest BCUT2D eigenvalue weighted by Crippen LogP contribution is -2.58. The van der Waals surface area contributed by atoms with Gasteiger partial charge in [0.25, 0.3) is 5.91 Å². The summed E-state index contributed by atoms with van der Waals surface area (Å²) < 4.78 is 22.5. The molecular formula is C38H61N3O7. The summed E-state index contributed by atoms with van der Waals surface area (Å²) in [4.78, 5) is 47.2. The number of carbonyl (C=O) groups is 3. The van der Waals surface area contributed by atoms with E-state index in [2.05, 4.69) is 4.90 Å². The van der Waals surface area contributed by atoms with E-state index in [1.54, 1.807) is 32.4 Å². The molecule has 1 aromatic carbocycles. The molecule has 48 heavy (non-hydrogen) atoms. The van der Waals surface area contributed by atoms with E-state index in [1.165, 1.54) is 19.3 Å². The van der Waals surface area contributed by atoms with Crippen LogP contribution in [0, 0.1) is 5.92 Å². The molecule has 0 N–H and O–H groups in total. The first-order chi connectivity index (χ1) is 22.9. The van der Waals surface area contributed by atoms with Gasteiger partial charge in [-0.15, -0.1) is 0 Å². The Bertz CT molecular complexity index is 1210. The Morgan fingerprint density at radius 3 is 2.25 bits per heavy atom. The maximum atomic E-state index is 14.2. The molecule has 2 aliphatic carbocycles. The quantitative estimate of drug-likeness (QED) is 0.184. The molecule has 0 radical (unpaired) electrons. The number of hydrogen-bond acceptors (Lipinski definition) is 7. The van der Waals surface area contributed by atoms with Crippen molar-refractivity contribution < 1.29 is 33.3 Å². The maximum absolute atomic E-state index is 14.2. The molecule has 2 saturated carbocycles. The summed E-state index contributed by atoms with van der Waals surface area (Å²) >= 11 is 0. The Hall–Kier alpha value is -3.01. The molecule has 270 valence electrons. The van der Waals surface area contributed by atoms with Crippen LogP contribution < -0.4 is 9.47 Å². The van der Waals surface area contributed by atoms with Gasteiger partial charge in [-0.25, -0.2) is 4.79 Å². The third kappa shape index (κ3) is 10.7. The Balaban J connectivity index is 1.49. The maximum Gasteiger partial charge on any atom is 0.410 e. The Labute approximate surface area is 288 Å². The summed E-state index contributed by atoms with van der Waals surface area (Å²) in [6, 6.07) is 5.25. The number of likely N-dealkylation sites (tertiary alicyclic amines) is 1. The molecule has 2 atom stereocenters. The van der Waals surface area contributed by atoms with Gasteiger partial charge >= 0.3 is 6.09 Å². The van der Waals surface area contributed by atoms with Gasteiger partial charge in [0.15, 0.2) is 11.5 Å². The Morgan fingerprint density at radius 1 is 0.917 bits per heavy atom. The van der Waals surface area contributed by atoms with E-state index >= 15 is 0 Å². The molecule has 0 aromatic heterocycles. The first-order valence-electron chi connectivity index (χ1n) is 18.3. The van der Waals surface area contributed by atoms with Crippen LogP contribution in [0.4, 0.5) is 4.79 Å². The summed E-state index contributed by atoms with van der Waals surface area (Å²) in [5, 5.41) is 0. The van der Waals surface area contributed by atoms with Crippen molar-refractivity contribution in [3.8, 4) is 11.5 Å². The second-order valence-electron chi connectivity index (χ2n) is 15.2. The van der Waals surface area contributed by atoms with E-state index in [4.69, 9.17) is 18.9 Å². The summed E-state index contributed by atoms with van der Waals surface area (Å²) in [5.74, 6) is 1.75. The smallest absolute Gasteiger partial charge is 0.410 e. The van der Waals surface area contributed by atoms with Crippen LogP contribution in [-0.2, 0) is 14.3 Å². The van der Waals surface area contributed by atoms with Crippen molar-refractivity contribution in [1.82, 2.24) is 14.7 Å². The second-order valence-corrected chi connectivity index (χ2v) is 15.2. The van der Waals surface area contributed by atoms with Gasteiger partial charge in [0.2, 0.25) is 5.91 Å². The van der Waals surface area contributed by atoms with Crippen LogP contribution in [0.15, 0.2) is 18.2 Å². The topological polar surface area (TPSA) is 97.9 Å². The highest BCUT2D eigenvalue weighted by Crippen LogP contribution is 2.34. The van der Waals surface area contributed by atoms with Gasteiger partial charge < -0.3 is 33.6 Å². The molecule has 1 heterocycles. The van der Waals surface area contributed by atoms with Crippen molar-refractivity contribution in [2.75, 3.05) is 40.5 Å². The Morgan fingerprint density at radius 2 is 1.62 bits per heavy atom. The number of carbonyl (C=O) groups excluding carboxylic acids is 3. The van der Waals surface area contributed by atoms with Crippen molar-refractivity contribution in [3.63, 3.8) is 0 Å². The lowest BCUT2D eigenvalue weighted by molar-refractivity contribution is -0.133. The van der Waals surface area contributed by atoms with E-state index in [0.717, 1.165) is 38.5 Å². The van der Waals surface area contributed by atoms with E-state index in [9.17, 15) is 14.4 Å². The number of piperidine rings is 1. The number of amides is 3. The van der Waals surface area contributed by atoms with E-state index in [-0.39, 0.29) is 36.0 Å². The molecule has 3 aliphatic rings. The molecule has 0 unspecified atom stereocenters. The second kappa shape index (κ2) is 17.6. The molecule has 3 amide bonds. The van der Waals surface area contributed by atoms with Crippen LogP contribution in [0.25, 0.3) is 0 Å². The van der Waals surface area contributed by atoms with Crippen LogP contribution >= 0.6 is 0 Å². The van der Waals surface area contributed by atoms with E-state index in [0.29, 0.717) is 74.6 Å². The number of nitrogens with zero attached hydrogens (tertiary/aromatic N) is 3. The molecule has 0 bridgehead atoms. The fraction of sp³-hybridized carbons (Fsp3) is 0.763. The Kier molecular flexibility index (Phi) is 13.9. The molecule has 4 rings (SSSR count). The molecule has 1 aliphatic heterocycles. The molecule has 10 heteroatoms. The van der Waals surface area contributed by atoms with E-state index in [1.807, 2.05) is 44.4 Å². The summed E-state index contributed by atoms with van der Waals surface area (Å²) in [6.07, 6.45) is 11.4. The summed E-state index contributed by atoms with van der Waals surface area (Å²) in [6.45, 7) is 11.7. The SMILES string of the molecule is COCCCOc1cc(C(=O)N(C(C)C)[C@@H]2CC[C@@H](CCN(C(=O)CC3CCCCC3)C3CC3)N(C(=O)OC(C)(C)C)C2)ccc1OC. The monoisotopic (exact) mass is 671 g/mol. The minimum Gasteiger partial charge on any atom is -0.493 e. The van der Waals surface area contributed by atoms with Gasteiger partial charge in [0.05, 0.1) is 19.8 Å². The predicted octanol–water partition coefficient (Wildman–Crippen LogP) is 7.08. The molecule has 10 nitrogen and oxygen atoms in total. The minimum atomic E-state index is -0.652. The largest absolute Gasteiger partial charge is 0.493 e. The van der Waals surface area contributed by atoms with Crippen LogP contribution in [0.2, 0.25) is 0 Å². The van der Waals surface area contributed by atoms with Gasteiger partial charge in [-0.1, -0.05) is 19.3 Å². The first-order valence-corrected chi connectivity index (χ1v) is 18.3. The lowest BCUT2D eigenvalue weighted by atomic mass is 9.86. The van der Waals surface area contributed by atoms with Gasteiger partial charge in [-0.3, -0.25) is 9.59 Å². The van der Waals surface area contributed by atoms with Crippen LogP contribution in [0.5, 0.6) is 11.5 Å². The van der Waals surface area contributed by atoms with Crippen LogP contribution in [0.1, 0.15) is 122 Å². The fourth-order valence-corrected chi connectivity index (χ4v) is 7.30. The predicted molar refractivity (Wildman–Crippen MR) is 187 cm³/mol. The van der Waals surface area contributed by atoms with Gasteiger partial charge in [-0.2, -0.15) is 0 Å². The normalized spacial score (nSPS) is 20.4. The highest BCUT2D eigenvalue weighted by Gasteiger charge is 2.40. The molecular weight excluding hydrogens is 610 g/mol. The minimum absolute atomic E-state index is 0.0722. The molecule has 1 saturated heterocycles. The van der Waals surface area contributed by atoms with Gasteiger partial charge in [0.1, 0.15) is 5.60 Å². The molecule has 1 aromatic rings. The van der Waals surface area contributed by atoms with Crippen LogP contribution in [0.3, 0.4) is 0 Å². The zero-order valence-corrected chi connectivity index (χ0v) is 30.6. The van der Waals surface area contributed by atoms with Crippen molar-refractivity contribution in [1.29, 1.82) is 0 Å². The third-order valence-corrected chi connectivity index (χ3v) is 9.85. The van der Waals surface area contributed by atoms with Gasteiger partial charge in [0, 0.05) is 63.3 Å². The molecule has 0 spiro atoms. The summed E-state index contributed by atoms with van der Waals surface area (Å²) in [7, 11) is 3.24. The van der Waals surface area contributed by atoms with Crippen molar-refractivity contribution in [2.45, 2.75) is 141 Å². The number of benzene rings is 1. The zero-order valence-electron chi connectivity index (χ0n) is 30.6. The molecule has 3 fully saturated rings. The zero-order chi connectivity index (χ0) is 34.8. The van der Waals surface area contributed by atoms with Crippen molar-refractivity contribution in [3.05, 3.63) is 23.8 Å². The average Bonchev–Trinajstić information content (AvgIpc) is 3.88. The van der Waals surface area contributed by atoms with Gasteiger partial charge in [-0.05, 0) is 104 Å². The van der Waals surface area contributed by atoms with Crippen LogP contribution in [-0.4, -0.2) is 103 Å². The average molecular weight is 672 g/mol. The number of hydrogen-bond donors (Lipinski definition) is 0. The number of ether oxygens (including phenoxy) is 4.